The highest BCUT2D eigenvalue weighted by atomic mass is 16.4. The topological polar surface area (TPSA) is 57.5 Å². The van der Waals surface area contributed by atoms with Crippen molar-refractivity contribution in [2.75, 3.05) is 0 Å². The molecule has 18 heavy (non-hydrogen) atoms. The van der Waals surface area contributed by atoms with E-state index in [4.69, 9.17) is 0 Å². The van der Waals surface area contributed by atoms with E-state index in [1.165, 1.54) is 0 Å². The molecule has 0 heterocycles. The highest BCUT2D eigenvalue weighted by Gasteiger charge is 2.70. The molecule has 0 aliphatic heterocycles. The van der Waals surface area contributed by atoms with Gasteiger partial charge >= 0.3 is 0 Å². The summed E-state index contributed by atoms with van der Waals surface area (Å²) in [6.07, 6.45) is 4.61. The minimum Gasteiger partial charge on any atom is -0.390 e. The Hall–Kier alpha value is -0.670. The molecule has 0 spiro atoms. The number of aldehydes is 1. The second-order valence-corrected chi connectivity index (χ2v) is 7.49. The van der Waals surface area contributed by atoms with Crippen molar-refractivity contribution in [2.24, 2.45) is 22.7 Å². The monoisotopic (exact) mass is 250 g/mol. The van der Waals surface area contributed by atoms with Gasteiger partial charge in [-0.05, 0) is 36.5 Å². The largest absolute Gasteiger partial charge is 0.390 e. The van der Waals surface area contributed by atoms with Gasteiger partial charge in [0.2, 0.25) is 0 Å². The molecular weight excluding hydrogens is 228 g/mol. The molecule has 5 atom stereocenters. The van der Waals surface area contributed by atoms with Crippen molar-refractivity contribution < 1.29 is 15.0 Å². The Kier molecular flexibility index (Phi) is 2.24. The van der Waals surface area contributed by atoms with Crippen molar-refractivity contribution in [3.63, 3.8) is 0 Å². The van der Waals surface area contributed by atoms with Crippen molar-refractivity contribution >= 4 is 6.29 Å². The molecule has 0 amide bonds. The van der Waals surface area contributed by atoms with Gasteiger partial charge in [0, 0.05) is 11.0 Å². The molecule has 3 rings (SSSR count). The summed E-state index contributed by atoms with van der Waals surface area (Å²) in [6.45, 7) is 6.53. The number of hydrogen-bond donors (Lipinski definition) is 2. The summed E-state index contributed by atoms with van der Waals surface area (Å²) in [4.78, 5) is 11.3. The van der Waals surface area contributed by atoms with Crippen LogP contribution in [0.1, 0.15) is 40.0 Å². The van der Waals surface area contributed by atoms with E-state index in [9.17, 15) is 15.0 Å². The fraction of sp³-hybridized carbons (Fsp3) is 0.800. The molecule has 0 bridgehead atoms. The van der Waals surface area contributed by atoms with Gasteiger partial charge < -0.3 is 10.2 Å². The number of hydrogen-bond acceptors (Lipinski definition) is 3. The lowest BCUT2D eigenvalue weighted by Crippen LogP contribution is -2.71. The van der Waals surface area contributed by atoms with Crippen LogP contribution in [-0.2, 0) is 4.79 Å². The third-order valence-corrected chi connectivity index (χ3v) is 5.83. The Bertz CT molecular complexity index is 439. The molecule has 0 aromatic heterocycles. The molecule has 2 N–H and O–H groups in total. The lowest BCUT2D eigenvalue weighted by atomic mass is 9.44. The van der Waals surface area contributed by atoms with Crippen LogP contribution < -0.4 is 0 Å². The average molecular weight is 250 g/mol. The lowest BCUT2D eigenvalue weighted by Gasteiger charge is -2.64. The maximum atomic E-state index is 11.3. The van der Waals surface area contributed by atoms with Crippen LogP contribution in [0.2, 0.25) is 0 Å². The van der Waals surface area contributed by atoms with Crippen LogP contribution in [0, 0.1) is 22.7 Å². The first kappa shape index (κ1) is 12.4. The third kappa shape index (κ3) is 1.19. The van der Waals surface area contributed by atoms with E-state index >= 15 is 0 Å². The third-order valence-electron chi connectivity index (χ3n) is 5.83. The molecule has 2 saturated carbocycles. The van der Waals surface area contributed by atoms with Crippen LogP contribution in [0.25, 0.3) is 0 Å². The Labute approximate surface area is 108 Å². The van der Waals surface area contributed by atoms with Gasteiger partial charge in [-0.1, -0.05) is 26.8 Å². The maximum absolute atomic E-state index is 11.3. The molecule has 0 aromatic carbocycles. The molecule has 3 nitrogen and oxygen atoms in total. The van der Waals surface area contributed by atoms with Gasteiger partial charge in [0.15, 0.2) is 0 Å². The van der Waals surface area contributed by atoms with Crippen molar-refractivity contribution in [1.29, 1.82) is 0 Å². The molecule has 0 unspecified atom stereocenters. The summed E-state index contributed by atoms with van der Waals surface area (Å²) in [6, 6.07) is 0. The minimum absolute atomic E-state index is 0.259. The Balaban J connectivity index is 2.09. The molecule has 3 aliphatic carbocycles. The van der Waals surface area contributed by atoms with E-state index in [-0.39, 0.29) is 10.8 Å². The second-order valence-electron chi connectivity index (χ2n) is 7.49. The molecule has 0 aromatic rings. The fourth-order valence-electron chi connectivity index (χ4n) is 4.88. The van der Waals surface area contributed by atoms with Crippen molar-refractivity contribution in [2.45, 2.75) is 51.7 Å². The predicted molar refractivity (Wildman–Crippen MR) is 67.8 cm³/mol. The van der Waals surface area contributed by atoms with E-state index in [0.717, 1.165) is 19.1 Å². The molecule has 2 fully saturated rings. The minimum atomic E-state index is -1.31. The average Bonchev–Trinajstić information content (AvgIpc) is 2.59. The Morgan fingerprint density at radius 2 is 1.94 bits per heavy atom. The van der Waals surface area contributed by atoms with Gasteiger partial charge in [0.25, 0.3) is 0 Å². The van der Waals surface area contributed by atoms with Crippen LogP contribution in [-0.4, -0.2) is 28.2 Å². The van der Waals surface area contributed by atoms with Gasteiger partial charge in [0.05, 0.1) is 6.10 Å². The smallest absolute Gasteiger partial charge is 0.148 e. The van der Waals surface area contributed by atoms with E-state index in [1.54, 1.807) is 0 Å². The number of rotatable bonds is 1. The van der Waals surface area contributed by atoms with Crippen molar-refractivity contribution in [1.82, 2.24) is 0 Å². The molecule has 100 valence electrons. The summed E-state index contributed by atoms with van der Waals surface area (Å²) >= 11 is 0. The zero-order chi connectivity index (χ0) is 13.3. The fourth-order valence-corrected chi connectivity index (χ4v) is 4.88. The molecule has 3 heteroatoms. The SMILES string of the molecule is CC1(C)C[C@H]2C=C(C=O)[C@]3(O)[C@H](O)C[C@]3(C)[C@H]2C1. The molecule has 0 saturated heterocycles. The standard InChI is InChI=1S/C15H22O3/c1-13(2)5-9-4-10(8-16)15(18)12(17)7-14(15,3)11(9)6-13/h4,8-9,11-12,17-18H,5-7H2,1-3H3/t9-,11+,12-,14-,15+/m1/s1. The Morgan fingerprint density at radius 1 is 1.28 bits per heavy atom. The van der Waals surface area contributed by atoms with Crippen LogP contribution in [0.4, 0.5) is 0 Å². The summed E-state index contributed by atoms with van der Waals surface area (Å²) in [5.41, 5.74) is -0.983. The maximum Gasteiger partial charge on any atom is 0.148 e. The zero-order valence-corrected chi connectivity index (χ0v) is 11.3. The Morgan fingerprint density at radius 3 is 2.50 bits per heavy atom. The van der Waals surface area contributed by atoms with Crippen LogP contribution in [0.3, 0.4) is 0 Å². The number of aliphatic hydroxyl groups excluding tert-OH is 1. The predicted octanol–water partition coefficient (Wildman–Crippen LogP) is 1.68. The van der Waals surface area contributed by atoms with Crippen LogP contribution >= 0.6 is 0 Å². The normalized spacial score (nSPS) is 52.9. The molecule has 3 aliphatic rings. The number of fused-ring (bicyclic) bond motifs is 3. The van der Waals surface area contributed by atoms with Gasteiger partial charge in [-0.2, -0.15) is 0 Å². The van der Waals surface area contributed by atoms with Gasteiger partial charge in [-0.15, -0.1) is 0 Å². The molecule has 0 radical (unpaired) electrons. The first-order valence-corrected chi connectivity index (χ1v) is 6.82. The van der Waals surface area contributed by atoms with E-state index in [0.29, 0.717) is 23.8 Å². The summed E-state index contributed by atoms with van der Waals surface area (Å²) < 4.78 is 0. The summed E-state index contributed by atoms with van der Waals surface area (Å²) in [7, 11) is 0. The highest BCUT2D eigenvalue weighted by molar-refractivity contribution is 5.79. The number of carbonyl (C=O) groups excluding carboxylic acids is 1. The van der Waals surface area contributed by atoms with Gasteiger partial charge in [0.1, 0.15) is 11.9 Å². The van der Waals surface area contributed by atoms with Crippen LogP contribution in [0.15, 0.2) is 11.6 Å². The van der Waals surface area contributed by atoms with Crippen molar-refractivity contribution in [3.05, 3.63) is 11.6 Å². The number of aliphatic hydroxyl groups is 2. The number of allylic oxidation sites excluding steroid dienone is 1. The first-order chi connectivity index (χ1) is 8.24. The lowest BCUT2D eigenvalue weighted by molar-refractivity contribution is -0.247. The van der Waals surface area contributed by atoms with Gasteiger partial charge in [-0.25, -0.2) is 0 Å². The van der Waals surface area contributed by atoms with Crippen molar-refractivity contribution in [3.8, 4) is 0 Å². The highest BCUT2D eigenvalue weighted by Crippen LogP contribution is 2.67. The first-order valence-electron chi connectivity index (χ1n) is 6.82. The van der Waals surface area contributed by atoms with E-state index < -0.39 is 11.7 Å². The van der Waals surface area contributed by atoms with E-state index in [1.807, 2.05) is 13.0 Å². The number of carbonyl (C=O) groups is 1. The van der Waals surface area contributed by atoms with Crippen LogP contribution in [0.5, 0.6) is 0 Å². The van der Waals surface area contributed by atoms with E-state index in [2.05, 4.69) is 13.8 Å². The zero-order valence-electron chi connectivity index (χ0n) is 11.3. The van der Waals surface area contributed by atoms with Gasteiger partial charge in [-0.3, -0.25) is 4.79 Å². The second kappa shape index (κ2) is 3.26. The quantitative estimate of drug-likeness (QED) is 0.696. The summed E-state index contributed by atoms with van der Waals surface area (Å²) in [5.74, 6) is 0.752. The molecular formula is C15H22O3. The summed E-state index contributed by atoms with van der Waals surface area (Å²) in [5, 5.41) is 20.8.